The molecule has 0 spiro atoms. The van der Waals surface area contributed by atoms with Gasteiger partial charge in [0.1, 0.15) is 0 Å². The van der Waals surface area contributed by atoms with Gasteiger partial charge in [-0.25, -0.2) is 4.79 Å². The highest BCUT2D eigenvalue weighted by molar-refractivity contribution is 5.77. The molecule has 0 aromatic rings. The predicted molar refractivity (Wildman–Crippen MR) is 62.7 cm³/mol. The van der Waals surface area contributed by atoms with Gasteiger partial charge in [-0.15, -0.1) is 0 Å². The van der Waals surface area contributed by atoms with Crippen LogP contribution in [0.15, 0.2) is 0 Å². The molecular weight excluding hydrogens is 220 g/mol. The van der Waals surface area contributed by atoms with Crippen molar-refractivity contribution in [3.05, 3.63) is 0 Å². The lowest BCUT2D eigenvalue weighted by Crippen LogP contribution is -2.46. The van der Waals surface area contributed by atoms with E-state index in [0.717, 1.165) is 19.5 Å². The third kappa shape index (κ3) is 2.70. The zero-order chi connectivity index (χ0) is 12.4. The summed E-state index contributed by atoms with van der Waals surface area (Å²) >= 11 is 0. The Bertz CT molecular complexity index is 319. The van der Waals surface area contributed by atoms with Crippen LogP contribution in [0.1, 0.15) is 26.2 Å². The van der Waals surface area contributed by atoms with Gasteiger partial charge in [-0.1, -0.05) is 6.92 Å². The molecule has 5 heteroatoms. The van der Waals surface area contributed by atoms with Crippen LogP contribution in [0.5, 0.6) is 0 Å². The maximum atomic E-state index is 12.2. The molecule has 17 heavy (non-hydrogen) atoms. The highest BCUT2D eigenvalue weighted by Gasteiger charge is 2.33. The second-order valence-electron chi connectivity index (χ2n) is 5.25. The molecule has 2 saturated heterocycles. The molecule has 1 N–H and O–H groups in total. The van der Waals surface area contributed by atoms with Gasteiger partial charge in [0.05, 0.1) is 5.92 Å². The fraction of sp³-hybridized carbons (Fsp3) is 0.833. The number of carbonyl (C=O) groups excluding carboxylic acids is 1. The second kappa shape index (κ2) is 4.94. The van der Waals surface area contributed by atoms with Crippen molar-refractivity contribution < 1.29 is 14.7 Å². The summed E-state index contributed by atoms with van der Waals surface area (Å²) in [5, 5.41) is 8.91. The van der Waals surface area contributed by atoms with Crippen LogP contribution >= 0.6 is 0 Å². The van der Waals surface area contributed by atoms with E-state index < -0.39 is 5.97 Å². The van der Waals surface area contributed by atoms with Crippen LogP contribution in [-0.2, 0) is 4.79 Å². The van der Waals surface area contributed by atoms with E-state index in [0.29, 0.717) is 25.4 Å². The predicted octanol–water partition coefficient (Wildman–Crippen LogP) is 1.24. The van der Waals surface area contributed by atoms with Gasteiger partial charge in [0.25, 0.3) is 0 Å². The monoisotopic (exact) mass is 240 g/mol. The molecule has 0 radical (unpaired) electrons. The zero-order valence-corrected chi connectivity index (χ0v) is 10.3. The topological polar surface area (TPSA) is 60.9 Å². The Hall–Kier alpha value is -1.26. The van der Waals surface area contributed by atoms with E-state index in [1.807, 2.05) is 4.90 Å². The molecule has 2 aliphatic rings. The van der Waals surface area contributed by atoms with Crippen molar-refractivity contribution in [3.63, 3.8) is 0 Å². The van der Waals surface area contributed by atoms with Crippen LogP contribution < -0.4 is 0 Å². The Morgan fingerprint density at radius 1 is 1.12 bits per heavy atom. The zero-order valence-electron chi connectivity index (χ0n) is 10.3. The first-order valence-electron chi connectivity index (χ1n) is 6.34. The fourth-order valence-corrected chi connectivity index (χ4v) is 2.70. The van der Waals surface area contributed by atoms with E-state index in [9.17, 15) is 9.59 Å². The van der Waals surface area contributed by atoms with Gasteiger partial charge in [-0.2, -0.15) is 0 Å². The highest BCUT2D eigenvalue weighted by Crippen LogP contribution is 2.21. The molecule has 0 aromatic heterocycles. The van der Waals surface area contributed by atoms with Crippen LogP contribution in [0.25, 0.3) is 0 Å². The van der Waals surface area contributed by atoms with E-state index in [1.54, 1.807) is 4.90 Å². The molecule has 2 aliphatic heterocycles. The molecule has 2 heterocycles. The van der Waals surface area contributed by atoms with Crippen molar-refractivity contribution in [1.82, 2.24) is 9.80 Å². The number of nitrogens with zero attached hydrogens (tertiary/aromatic N) is 2. The van der Waals surface area contributed by atoms with Gasteiger partial charge in [0, 0.05) is 26.2 Å². The first-order chi connectivity index (χ1) is 8.08. The van der Waals surface area contributed by atoms with Crippen molar-refractivity contribution in [2.45, 2.75) is 26.2 Å². The number of aliphatic carboxylic acids is 1. The molecule has 0 bridgehead atoms. The molecule has 0 saturated carbocycles. The Labute approximate surface area is 101 Å². The first-order valence-corrected chi connectivity index (χ1v) is 6.34. The number of likely N-dealkylation sites (tertiary alicyclic amines) is 2. The minimum Gasteiger partial charge on any atom is -0.481 e. The number of rotatable bonds is 1. The maximum absolute atomic E-state index is 12.2. The molecule has 0 aromatic carbocycles. The third-order valence-electron chi connectivity index (χ3n) is 3.74. The van der Waals surface area contributed by atoms with Gasteiger partial charge in [-0.05, 0) is 25.2 Å². The molecule has 2 fully saturated rings. The Morgan fingerprint density at radius 3 is 2.41 bits per heavy atom. The smallest absolute Gasteiger partial charge is 0.320 e. The summed E-state index contributed by atoms with van der Waals surface area (Å²) in [6, 6.07) is 0.0281. The highest BCUT2D eigenvalue weighted by atomic mass is 16.4. The Balaban J connectivity index is 1.90. The van der Waals surface area contributed by atoms with E-state index in [-0.39, 0.29) is 11.9 Å². The molecule has 2 rings (SSSR count). The number of hydrogen-bond donors (Lipinski definition) is 1. The van der Waals surface area contributed by atoms with Gasteiger partial charge in [-0.3, -0.25) is 4.79 Å². The van der Waals surface area contributed by atoms with Gasteiger partial charge in [0.15, 0.2) is 0 Å². The van der Waals surface area contributed by atoms with Gasteiger partial charge < -0.3 is 14.9 Å². The lowest BCUT2D eigenvalue weighted by atomic mass is 10.0. The molecule has 96 valence electrons. The van der Waals surface area contributed by atoms with Gasteiger partial charge >= 0.3 is 12.0 Å². The summed E-state index contributed by atoms with van der Waals surface area (Å²) in [5.74, 6) is -0.598. The summed E-state index contributed by atoms with van der Waals surface area (Å²) in [6.45, 7) is 4.74. The first kappa shape index (κ1) is 12.2. The SMILES string of the molecule is CC1CCCN(C(=O)N2CCC(C(=O)O)C2)C1. The maximum Gasteiger partial charge on any atom is 0.320 e. The largest absolute Gasteiger partial charge is 0.481 e. The number of urea groups is 1. The van der Waals surface area contributed by atoms with Crippen molar-refractivity contribution >= 4 is 12.0 Å². The molecule has 0 aliphatic carbocycles. The summed E-state index contributed by atoms with van der Waals surface area (Å²) in [4.78, 5) is 26.6. The normalized spacial score (nSPS) is 29.5. The number of carboxylic acid groups (broad SMARTS) is 1. The van der Waals surface area contributed by atoms with Crippen molar-refractivity contribution in [3.8, 4) is 0 Å². The van der Waals surface area contributed by atoms with Crippen LogP contribution in [-0.4, -0.2) is 53.1 Å². The van der Waals surface area contributed by atoms with E-state index in [2.05, 4.69) is 6.92 Å². The van der Waals surface area contributed by atoms with Crippen LogP contribution in [0.2, 0.25) is 0 Å². The summed E-state index contributed by atoms with van der Waals surface area (Å²) in [5.41, 5.74) is 0. The lowest BCUT2D eigenvalue weighted by molar-refractivity contribution is -0.141. The number of amides is 2. The second-order valence-corrected chi connectivity index (χ2v) is 5.25. The van der Waals surface area contributed by atoms with Crippen LogP contribution in [0, 0.1) is 11.8 Å². The van der Waals surface area contributed by atoms with E-state index >= 15 is 0 Å². The van der Waals surface area contributed by atoms with Crippen LogP contribution in [0.3, 0.4) is 0 Å². The molecule has 5 nitrogen and oxygen atoms in total. The molecule has 2 amide bonds. The van der Waals surface area contributed by atoms with Crippen LogP contribution in [0.4, 0.5) is 4.79 Å². The summed E-state index contributed by atoms with van der Waals surface area (Å²) in [7, 11) is 0. The molecule has 2 atom stereocenters. The number of carboxylic acids is 1. The molecular formula is C12H20N2O3. The average Bonchev–Trinajstić information content (AvgIpc) is 2.77. The van der Waals surface area contributed by atoms with E-state index in [4.69, 9.17) is 5.11 Å². The van der Waals surface area contributed by atoms with Gasteiger partial charge in [0.2, 0.25) is 0 Å². The third-order valence-corrected chi connectivity index (χ3v) is 3.74. The van der Waals surface area contributed by atoms with Crippen molar-refractivity contribution in [2.24, 2.45) is 11.8 Å². The molecule has 2 unspecified atom stereocenters. The number of carbonyl (C=O) groups is 2. The minimum absolute atomic E-state index is 0.0281. The quantitative estimate of drug-likeness (QED) is 0.750. The minimum atomic E-state index is -0.785. The average molecular weight is 240 g/mol. The van der Waals surface area contributed by atoms with Crippen molar-refractivity contribution in [1.29, 1.82) is 0 Å². The van der Waals surface area contributed by atoms with E-state index in [1.165, 1.54) is 6.42 Å². The Kier molecular flexibility index (Phi) is 3.54. The summed E-state index contributed by atoms with van der Waals surface area (Å²) in [6.07, 6.45) is 2.83. The summed E-state index contributed by atoms with van der Waals surface area (Å²) < 4.78 is 0. The standard InChI is InChI=1S/C12H20N2O3/c1-9-3-2-5-13(7-9)12(17)14-6-4-10(8-14)11(15)16/h9-10H,2-8H2,1H3,(H,15,16). The number of hydrogen-bond acceptors (Lipinski definition) is 2. The number of piperidine rings is 1. The fourth-order valence-electron chi connectivity index (χ4n) is 2.70. The Morgan fingerprint density at radius 2 is 1.82 bits per heavy atom. The van der Waals surface area contributed by atoms with Crippen molar-refractivity contribution in [2.75, 3.05) is 26.2 Å². The lowest BCUT2D eigenvalue weighted by Gasteiger charge is -2.33.